The highest BCUT2D eigenvalue weighted by atomic mass is 15.0. The van der Waals surface area contributed by atoms with E-state index in [1.807, 2.05) is 12.4 Å². The van der Waals surface area contributed by atoms with Crippen LogP contribution in [0, 0.1) is 11.3 Å². The Morgan fingerprint density at radius 1 is 1.47 bits per heavy atom. The Morgan fingerprint density at radius 3 is 2.71 bits per heavy atom. The monoisotopic (exact) mass is 235 g/mol. The fourth-order valence-corrected chi connectivity index (χ4v) is 2.95. The van der Waals surface area contributed by atoms with Crippen LogP contribution in [0.3, 0.4) is 0 Å². The molecule has 1 saturated carbocycles. The highest BCUT2D eigenvalue weighted by Gasteiger charge is 2.32. The average Bonchev–Trinajstić information content (AvgIpc) is 2.75. The van der Waals surface area contributed by atoms with Gasteiger partial charge < -0.3 is 10.3 Å². The van der Waals surface area contributed by atoms with Crippen molar-refractivity contribution in [3.63, 3.8) is 0 Å². The highest BCUT2D eigenvalue weighted by molar-refractivity contribution is 4.95. The molecule has 0 amide bonds. The Hall–Kier alpha value is -0.830. The topological polar surface area (TPSA) is 43.8 Å². The van der Waals surface area contributed by atoms with Crippen molar-refractivity contribution >= 4 is 0 Å². The number of nitrogens with two attached hydrogens (primary N) is 1. The largest absolute Gasteiger partial charge is 0.338 e. The van der Waals surface area contributed by atoms with Crippen molar-refractivity contribution in [3.8, 4) is 0 Å². The fraction of sp³-hybridized carbons (Fsp3) is 0.786. The summed E-state index contributed by atoms with van der Waals surface area (Å²) in [6.45, 7) is 3.20. The van der Waals surface area contributed by atoms with Crippen LogP contribution in [0.25, 0.3) is 0 Å². The summed E-state index contributed by atoms with van der Waals surface area (Å²) in [6.07, 6.45) is 11.5. The number of imidazole rings is 1. The third-order valence-electron chi connectivity index (χ3n) is 4.57. The van der Waals surface area contributed by atoms with Crippen molar-refractivity contribution in [2.75, 3.05) is 6.54 Å². The highest BCUT2D eigenvalue weighted by Crippen LogP contribution is 2.41. The summed E-state index contributed by atoms with van der Waals surface area (Å²) in [5, 5.41) is 0. The van der Waals surface area contributed by atoms with E-state index in [0.717, 1.165) is 18.9 Å². The zero-order valence-electron chi connectivity index (χ0n) is 11.2. The van der Waals surface area contributed by atoms with Crippen LogP contribution in [0.5, 0.6) is 0 Å². The summed E-state index contributed by atoms with van der Waals surface area (Å²) in [5.74, 6) is 2.08. The van der Waals surface area contributed by atoms with Gasteiger partial charge in [-0.15, -0.1) is 0 Å². The Bertz CT molecular complexity index is 348. The average molecular weight is 235 g/mol. The molecule has 0 aliphatic heterocycles. The van der Waals surface area contributed by atoms with Crippen molar-refractivity contribution in [1.29, 1.82) is 0 Å². The minimum absolute atomic E-state index is 0.387. The minimum Gasteiger partial charge on any atom is -0.338 e. The second-order valence-corrected chi connectivity index (χ2v) is 5.84. The van der Waals surface area contributed by atoms with E-state index in [2.05, 4.69) is 23.5 Å². The molecule has 2 N–H and O–H groups in total. The van der Waals surface area contributed by atoms with E-state index >= 15 is 0 Å². The molecule has 0 bridgehead atoms. The lowest BCUT2D eigenvalue weighted by atomic mass is 9.68. The molecule has 0 atom stereocenters. The molecule has 0 saturated heterocycles. The number of hydrogen-bond donors (Lipinski definition) is 1. The van der Waals surface area contributed by atoms with Gasteiger partial charge in [-0.2, -0.15) is 0 Å². The van der Waals surface area contributed by atoms with E-state index in [4.69, 9.17) is 5.73 Å². The molecule has 1 fully saturated rings. The van der Waals surface area contributed by atoms with Gasteiger partial charge in [0.2, 0.25) is 0 Å². The number of rotatable bonds is 4. The Balaban J connectivity index is 1.94. The maximum Gasteiger partial charge on any atom is 0.108 e. The maximum atomic E-state index is 6.03. The summed E-state index contributed by atoms with van der Waals surface area (Å²) >= 11 is 0. The third kappa shape index (κ3) is 2.89. The first-order valence-electron chi connectivity index (χ1n) is 6.81. The molecule has 1 aliphatic rings. The van der Waals surface area contributed by atoms with Gasteiger partial charge in [-0.3, -0.25) is 0 Å². The lowest BCUT2D eigenvalue weighted by Gasteiger charge is -2.38. The Kier molecular flexibility index (Phi) is 3.87. The van der Waals surface area contributed by atoms with Gasteiger partial charge in [-0.25, -0.2) is 4.98 Å². The molecule has 3 nitrogen and oxygen atoms in total. The van der Waals surface area contributed by atoms with Crippen molar-refractivity contribution in [3.05, 3.63) is 18.2 Å². The molecule has 0 radical (unpaired) electrons. The first-order valence-corrected chi connectivity index (χ1v) is 6.81. The molecular formula is C14H25N3. The predicted molar refractivity (Wildman–Crippen MR) is 70.6 cm³/mol. The van der Waals surface area contributed by atoms with Crippen LogP contribution in [0.2, 0.25) is 0 Å². The molecule has 2 rings (SSSR count). The summed E-state index contributed by atoms with van der Waals surface area (Å²) < 4.78 is 2.12. The zero-order chi connectivity index (χ0) is 12.3. The second kappa shape index (κ2) is 5.21. The van der Waals surface area contributed by atoms with Gasteiger partial charge in [-0.1, -0.05) is 19.8 Å². The van der Waals surface area contributed by atoms with E-state index in [1.165, 1.54) is 37.9 Å². The third-order valence-corrected chi connectivity index (χ3v) is 4.57. The molecule has 96 valence electrons. The normalized spacial score (nSPS) is 29.5. The molecule has 17 heavy (non-hydrogen) atoms. The van der Waals surface area contributed by atoms with Crippen LogP contribution in [0.4, 0.5) is 0 Å². The molecule has 1 heterocycles. The van der Waals surface area contributed by atoms with Crippen molar-refractivity contribution < 1.29 is 0 Å². The van der Waals surface area contributed by atoms with E-state index in [9.17, 15) is 0 Å². The summed E-state index contributed by atoms with van der Waals surface area (Å²) in [6, 6.07) is 0. The number of nitrogens with zero attached hydrogens (tertiary/aromatic N) is 2. The first kappa shape index (κ1) is 12.6. The number of aromatic nitrogens is 2. The quantitative estimate of drug-likeness (QED) is 0.871. The predicted octanol–water partition coefficient (Wildman–Crippen LogP) is 2.51. The maximum absolute atomic E-state index is 6.03. The zero-order valence-corrected chi connectivity index (χ0v) is 11.2. The van der Waals surface area contributed by atoms with Gasteiger partial charge in [0.05, 0.1) is 0 Å². The van der Waals surface area contributed by atoms with Crippen molar-refractivity contribution in [1.82, 2.24) is 9.55 Å². The van der Waals surface area contributed by atoms with Crippen LogP contribution in [0.15, 0.2) is 12.4 Å². The number of hydrogen-bond acceptors (Lipinski definition) is 2. The molecule has 0 spiro atoms. The van der Waals surface area contributed by atoms with Crippen LogP contribution in [-0.4, -0.2) is 16.1 Å². The van der Waals surface area contributed by atoms with Gasteiger partial charge in [0.1, 0.15) is 5.82 Å². The van der Waals surface area contributed by atoms with Crippen LogP contribution < -0.4 is 5.73 Å². The van der Waals surface area contributed by atoms with E-state index in [-0.39, 0.29) is 0 Å². The van der Waals surface area contributed by atoms with E-state index in [1.54, 1.807) is 0 Å². The first-order chi connectivity index (χ1) is 8.15. The standard InChI is InChI=1S/C14H25N3/c1-12-3-6-14(11-15,7-4-12)8-5-13-16-9-10-17(13)2/h9-10,12H,3-8,11,15H2,1-2H3. The smallest absolute Gasteiger partial charge is 0.108 e. The Labute approximate surface area is 104 Å². The van der Waals surface area contributed by atoms with E-state index < -0.39 is 0 Å². The van der Waals surface area contributed by atoms with Crippen molar-refractivity contribution in [2.24, 2.45) is 24.1 Å². The summed E-state index contributed by atoms with van der Waals surface area (Å²) in [7, 11) is 2.07. The SMILES string of the molecule is CC1CCC(CN)(CCc2nccn2C)CC1. The van der Waals surface area contributed by atoms with Crippen LogP contribution in [0.1, 0.15) is 44.9 Å². The molecule has 1 aromatic rings. The van der Waals surface area contributed by atoms with Gasteiger partial charge in [-0.05, 0) is 37.1 Å². The van der Waals surface area contributed by atoms with Crippen LogP contribution in [-0.2, 0) is 13.5 Å². The van der Waals surface area contributed by atoms with Gasteiger partial charge in [0.15, 0.2) is 0 Å². The van der Waals surface area contributed by atoms with Gasteiger partial charge >= 0.3 is 0 Å². The number of aryl methyl sites for hydroxylation is 2. The second-order valence-electron chi connectivity index (χ2n) is 5.84. The minimum atomic E-state index is 0.387. The molecule has 3 heteroatoms. The molecule has 0 aromatic carbocycles. The van der Waals surface area contributed by atoms with Crippen LogP contribution >= 0.6 is 0 Å². The van der Waals surface area contributed by atoms with E-state index in [0.29, 0.717) is 5.41 Å². The molecule has 1 aliphatic carbocycles. The lowest BCUT2D eigenvalue weighted by Crippen LogP contribution is -2.35. The summed E-state index contributed by atoms with van der Waals surface area (Å²) in [4.78, 5) is 4.40. The molecular weight excluding hydrogens is 210 g/mol. The van der Waals surface area contributed by atoms with Gasteiger partial charge in [0, 0.05) is 25.9 Å². The lowest BCUT2D eigenvalue weighted by molar-refractivity contribution is 0.150. The van der Waals surface area contributed by atoms with Crippen molar-refractivity contribution in [2.45, 2.75) is 45.4 Å². The Morgan fingerprint density at radius 2 is 2.18 bits per heavy atom. The molecule has 0 unspecified atom stereocenters. The van der Waals surface area contributed by atoms with Gasteiger partial charge in [0.25, 0.3) is 0 Å². The summed E-state index contributed by atoms with van der Waals surface area (Å²) in [5.41, 5.74) is 6.42. The fourth-order valence-electron chi connectivity index (χ4n) is 2.95. The molecule has 1 aromatic heterocycles.